The Morgan fingerprint density at radius 2 is 1.87 bits per heavy atom. The maximum atomic E-state index is 5.37. The number of aromatic nitrogens is 2. The van der Waals surface area contributed by atoms with Gasteiger partial charge in [-0.25, -0.2) is 0 Å². The van der Waals surface area contributed by atoms with Crippen molar-refractivity contribution in [1.29, 1.82) is 0 Å². The van der Waals surface area contributed by atoms with Crippen molar-refractivity contribution >= 4 is 5.69 Å². The molecule has 0 amide bonds. The summed E-state index contributed by atoms with van der Waals surface area (Å²) in [7, 11) is 1.99. The summed E-state index contributed by atoms with van der Waals surface area (Å²) in [5, 5.41) is 4.05. The van der Waals surface area contributed by atoms with E-state index in [1.807, 2.05) is 55.6 Å². The van der Waals surface area contributed by atoms with Crippen molar-refractivity contribution in [2.75, 3.05) is 18.7 Å². The van der Waals surface area contributed by atoms with E-state index in [0.29, 0.717) is 24.0 Å². The van der Waals surface area contributed by atoms with Gasteiger partial charge in [0.15, 0.2) is 11.5 Å². The zero-order valence-electron chi connectivity index (χ0n) is 12.6. The zero-order valence-corrected chi connectivity index (χ0v) is 12.6. The third kappa shape index (κ3) is 2.70. The average molecular weight is 309 g/mol. The fourth-order valence-corrected chi connectivity index (χ4v) is 2.45. The summed E-state index contributed by atoms with van der Waals surface area (Å²) >= 11 is 0. The van der Waals surface area contributed by atoms with Crippen molar-refractivity contribution in [2.24, 2.45) is 0 Å². The lowest BCUT2D eigenvalue weighted by atomic mass is 10.2. The van der Waals surface area contributed by atoms with Crippen molar-refractivity contribution in [3.8, 4) is 22.9 Å². The number of hydrogen-bond acceptors (Lipinski definition) is 6. The molecule has 0 aliphatic carbocycles. The van der Waals surface area contributed by atoms with Crippen LogP contribution in [0.3, 0.4) is 0 Å². The summed E-state index contributed by atoms with van der Waals surface area (Å²) in [4.78, 5) is 6.51. The highest BCUT2D eigenvalue weighted by Crippen LogP contribution is 2.35. The smallest absolute Gasteiger partial charge is 0.246 e. The first-order chi connectivity index (χ1) is 11.3. The highest BCUT2D eigenvalue weighted by Gasteiger charge is 2.17. The number of para-hydroxylation sites is 1. The van der Waals surface area contributed by atoms with Gasteiger partial charge >= 0.3 is 0 Å². The molecule has 0 radical (unpaired) electrons. The number of ether oxygens (including phenoxy) is 2. The van der Waals surface area contributed by atoms with Gasteiger partial charge in [-0.2, -0.15) is 4.98 Å². The van der Waals surface area contributed by atoms with Crippen LogP contribution < -0.4 is 14.4 Å². The second kappa shape index (κ2) is 5.64. The number of hydrogen-bond donors (Lipinski definition) is 0. The molecule has 6 nitrogen and oxygen atoms in total. The third-order valence-corrected chi connectivity index (χ3v) is 3.67. The van der Waals surface area contributed by atoms with Crippen molar-refractivity contribution in [3.05, 3.63) is 54.4 Å². The van der Waals surface area contributed by atoms with Crippen molar-refractivity contribution in [3.63, 3.8) is 0 Å². The fourth-order valence-electron chi connectivity index (χ4n) is 2.45. The lowest BCUT2D eigenvalue weighted by Gasteiger charge is -2.16. The summed E-state index contributed by atoms with van der Waals surface area (Å²) in [5.41, 5.74) is 1.93. The molecule has 23 heavy (non-hydrogen) atoms. The molecule has 1 aliphatic rings. The molecule has 2 aromatic carbocycles. The van der Waals surface area contributed by atoms with Gasteiger partial charge < -0.3 is 18.9 Å². The minimum absolute atomic E-state index is 0.248. The summed E-state index contributed by atoms with van der Waals surface area (Å²) in [6.45, 7) is 0.791. The molecule has 6 heteroatoms. The molecule has 2 heterocycles. The van der Waals surface area contributed by atoms with Gasteiger partial charge in [-0.15, -0.1) is 0 Å². The Balaban J connectivity index is 1.53. The lowest BCUT2D eigenvalue weighted by Crippen LogP contribution is -2.16. The van der Waals surface area contributed by atoms with E-state index in [1.54, 1.807) is 0 Å². The summed E-state index contributed by atoms with van der Waals surface area (Å²) in [5.74, 6) is 2.54. The normalized spacial score (nSPS) is 12.4. The largest absolute Gasteiger partial charge is 0.454 e. The van der Waals surface area contributed by atoms with Crippen LogP contribution in [0.5, 0.6) is 11.5 Å². The van der Waals surface area contributed by atoms with E-state index < -0.39 is 0 Å². The van der Waals surface area contributed by atoms with Crippen LogP contribution in [-0.2, 0) is 6.54 Å². The minimum Gasteiger partial charge on any atom is -0.454 e. The van der Waals surface area contributed by atoms with Crippen molar-refractivity contribution in [2.45, 2.75) is 6.54 Å². The van der Waals surface area contributed by atoms with Crippen molar-refractivity contribution < 1.29 is 14.0 Å². The maximum absolute atomic E-state index is 5.37. The van der Waals surface area contributed by atoms with Gasteiger partial charge in [0.25, 0.3) is 0 Å². The molecular weight excluding hydrogens is 294 g/mol. The number of rotatable bonds is 4. The van der Waals surface area contributed by atoms with Crippen LogP contribution in [0, 0.1) is 0 Å². The molecule has 1 aliphatic heterocycles. The van der Waals surface area contributed by atoms with E-state index in [0.717, 1.165) is 17.0 Å². The topological polar surface area (TPSA) is 60.6 Å². The monoisotopic (exact) mass is 309 g/mol. The number of benzene rings is 2. The van der Waals surface area contributed by atoms with E-state index >= 15 is 0 Å². The highest BCUT2D eigenvalue weighted by molar-refractivity contribution is 5.61. The molecule has 0 spiro atoms. The average Bonchev–Trinajstić information content (AvgIpc) is 3.23. The molecule has 0 atom stereocenters. The summed E-state index contributed by atoms with van der Waals surface area (Å²) in [6.07, 6.45) is 0. The third-order valence-electron chi connectivity index (χ3n) is 3.67. The van der Waals surface area contributed by atoms with Crippen LogP contribution >= 0.6 is 0 Å². The van der Waals surface area contributed by atoms with E-state index in [2.05, 4.69) is 15.0 Å². The van der Waals surface area contributed by atoms with Gasteiger partial charge in [0.1, 0.15) is 0 Å². The Bertz CT molecular complexity index is 817. The fraction of sp³-hybridized carbons (Fsp3) is 0.176. The van der Waals surface area contributed by atoms with Crippen LogP contribution in [0.1, 0.15) is 5.89 Å². The Morgan fingerprint density at radius 3 is 2.74 bits per heavy atom. The van der Waals surface area contributed by atoms with E-state index in [1.165, 1.54) is 0 Å². The highest BCUT2D eigenvalue weighted by atomic mass is 16.7. The summed E-state index contributed by atoms with van der Waals surface area (Å²) in [6, 6.07) is 15.7. The number of anilines is 1. The van der Waals surface area contributed by atoms with Gasteiger partial charge in [-0.05, 0) is 30.3 Å². The maximum Gasteiger partial charge on any atom is 0.246 e. The molecule has 0 N–H and O–H groups in total. The molecule has 116 valence electrons. The van der Waals surface area contributed by atoms with E-state index in [9.17, 15) is 0 Å². The first kappa shape index (κ1) is 13.6. The Labute approximate surface area is 133 Å². The molecule has 0 saturated heterocycles. The molecule has 0 bridgehead atoms. The second-order valence-electron chi connectivity index (χ2n) is 5.27. The minimum atomic E-state index is 0.248. The van der Waals surface area contributed by atoms with Gasteiger partial charge in [0.2, 0.25) is 18.5 Å². The zero-order chi connectivity index (χ0) is 15.6. The van der Waals surface area contributed by atoms with Gasteiger partial charge in [0.05, 0.1) is 6.54 Å². The molecule has 0 unspecified atom stereocenters. The van der Waals surface area contributed by atoms with Gasteiger partial charge in [-0.3, -0.25) is 0 Å². The van der Waals surface area contributed by atoms with Crippen LogP contribution in [0.25, 0.3) is 11.4 Å². The molecule has 4 rings (SSSR count). The van der Waals surface area contributed by atoms with E-state index in [-0.39, 0.29) is 6.79 Å². The van der Waals surface area contributed by atoms with Gasteiger partial charge in [-0.1, -0.05) is 23.4 Å². The first-order valence-corrected chi connectivity index (χ1v) is 7.28. The molecule has 1 aromatic heterocycles. The molecule has 0 fully saturated rings. The van der Waals surface area contributed by atoms with Gasteiger partial charge in [0, 0.05) is 18.3 Å². The Morgan fingerprint density at radius 1 is 1.04 bits per heavy atom. The van der Waals surface area contributed by atoms with Crippen LogP contribution in [0.2, 0.25) is 0 Å². The predicted molar refractivity (Wildman–Crippen MR) is 84.4 cm³/mol. The number of fused-ring (bicyclic) bond motifs is 1. The first-order valence-electron chi connectivity index (χ1n) is 7.28. The summed E-state index contributed by atoms with van der Waals surface area (Å²) < 4.78 is 16.0. The number of nitrogens with zero attached hydrogens (tertiary/aromatic N) is 3. The Hall–Kier alpha value is -3.02. The lowest BCUT2D eigenvalue weighted by molar-refractivity contribution is 0.174. The van der Waals surface area contributed by atoms with E-state index in [4.69, 9.17) is 14.0 Å². The SMILES string of the molecule is CN(Cc1nc(-c2ccc3c(c2)OCO3)no1)c1ccccc1. The van der Waals surface area contributed by atoms with Crippen LogP contribution in [0.15, 0.2) is 53.1 Å². The molecule has 0 saturated carbocycles. The standard InChI is InChI=1S/C17H15N3O3/c1-20(13-5-3-2-4-6-13)10-16-18-17(19-23-16)12-7-8-14-15(9-12)22-11-21-14/h2-9H,10-11H2,1H3. The Kier molecular flexibility index (Phi) is 3.34. The molecular formula is C17H15N3O3. The van der Waals surface area contributed by atoms with Crippen molar-refractivity contribution in [1.82, 2.24) is 10.1 Å². The molecule has 3 aromatic rings. The second-order valence-corrected chi connectivity index (χ2v) is 5.27. The van der Waals surface area contributed by atoms with Crippen LogP contribution in [-0.4, -0.2) is 24.0 Å². The van der Waals surface area contributed by atoms with Crippen LogP contribution in [0.4, 0.5) is 5.69 Å². The predicted octanol–water partition coefficient (Wildman–Crippen LogP) is 3.10. The quantitative estimate of drug-likeness (QED) is 0.738.